The molecule has 0 aromatic rings. The maximum absolute atomic E-state index is 11.3. The Morgan fingerprint density at radius 2 is 1.76 bits per heavy atom. The normalized spacial score (nSPS) is 14.5. The summed E-state index contributed by atoms with van der Waals surface area (Å²) in [6.45, 7) is 4.99. The van der Waals surface area contributed by atoms with Gasteiger partial charge in [-0.05, 0) is 31.7 Å². The Balaban J connectivity index is 3.94. The fraction of sp³-hybridized carbons (Fsp3) is 0.929. The molecule has 0 heterocycles. The topological polar surface area (TPSA) is 69.1 Å². The molecule has 0 aliphatic carbocycles. The van der Waals surface area contributed by atoms with E-state index in [1.807, 2.05) is 0 Å². The van der Waals surface area contributed by atoms with Crippen LogP contribution in [-0.4, -0.2) is 12.5 Å². The summed E-state index contributed by atoms with van der Waals surface area (Å²) in [5.41, 5.74) is 11.2. The summed E-state index contributed by atoms with van der Waals surface area (Å²) in [4.78, 5) is 11.3. The number of rotatable bonds is 11. The number of nitrogens with two attached hydrogens (primary N) is 2. The van der Waals surface area contributed by atoms with Gasteiger partial charge < -0.3 is 11.5 Å². The minimum atomic E-state index is -0.154. The molecule has 0 bridgehead atoms. The van der Waals surface area contributed by atoms with Crippen LogP contribution in [0.3, 0.4) is 0 Å². The van der Waals surface area contributed by atoms with Gasteiger partial charge >= 0.3 is 0 Å². The van der Waals surface area contributed by atoms with Crippen molar-refractivity contribution in [3.63, 3.8) is 0 Å². The van der Waals surface area contributed by atoms with Crippen molar-refractivity contribution in [2.24, 2.45) is 23.3 Å². The Morgan fingerprint density at radius 1 is 1.06 bits per heavy atom. The average Bonchev–Trinajstić information content (AvgIpc) is 2.31. The molecule has 3 heteroatoms. The van der Waals surface area contributed by atoms with Gasteiger partial charge in [-0.15, -0.1) is 0 Å². The first-order chi connectivity index (χ1) is 8.15. The van der Waals surface area contributed by atoms with E-state index in [0.717, 1.165) is 25.7 Å². The van der Waals surface area contributed by atoms with Crippen LogP contribution < -0.4 is 11.5 Å². The molecular formula is C14H30N2O. The molecule has 0 spiro atoms. The van der Waals surface area contributed by atoms with Gasteiger partial charge in [0, 0.05) is 5.92 Å². The predicted molar refractivity (Wildman–Crippen MR) is 73.5 cm³/mol. The van der Waals surface area contributed by atoms with Gasteiger partial charge in [0.2, 0.25) is 5.91 Å². The van der Waals surface area contributed by atoms with Crippen LogP contribution in [0.15, 0.2) is 0 Å². The van der Waals surface area contributed by atoms with Crippen molar-refractivity contribution in [2.75, 3.05) is 6.54 Å². The molecule has 0 aliphatic rings. The molecule has 0 aliphatic heterocycles. The summed E-state index contributed by atoms with van der Waals surface area (Å²) in [6, 6.07) is 0. The third kappa shape index (κ3) is 8.19. The minimum absolute atomic E-state index is 0.0275. The highest BCUT2D eigenvalue weighted by molar-refractivity contribution is 5.76. The van der Waals surface area contributed by atoms with Crippen LogP contribution in [0.5, 0.6) is 0 Å². The van der Waals surface area contributed by atoms with Gasteiger partial charge in [0.1, 0.15) is 0 Å². The number of primary amides is 1. The van der Waals surface area contributed by atoms with Crippen LogP contribution in [0.4, 0.5) is 0 Å². The second-order valence-corrected chi connectivity index (χ2v) is 5.07. The molecule has 0 saturated heterocycles. The van der Waals surface area contributed by atoms with Gasteiger partial charge in [-0.1, -0.05) is 46.0 Å². The fourth-order valence-corrected chi connectivity index (χ4v) is 2.32. The summed E-state index contributed by atoms with van der Waals surface area (Å²) < 4.78 is 0. The molecule has 17 heavy (non-hydrogen) atoms. The maximum Gasteiger partial charge on any atom is 0.220 e. The third-order valence-electron chi connectivity index (χ3n) is 3.46. The van der Waals surface area contributed by atoms with Crippen molar-refractivity contribution < 1.29 is 4.79 Å². The first-order valence-electron chi connectivity index (χ1n) is 7.15. The van der Waals surface area contributed by atoms with Gasteiger partial charge in [0.25, 0.3) is 0 Å². The lowest BCUT2D eigenvalue weighted by atomic mass is 9.87. The first kappa shape index (κ1) is 16.4. The van der Waals surface area contributed by atoms with Gasteiger partial charge in [0.15, 0.2) is 0 Å². The van der Waals surface area contributed by atoms with Crippen LogP contribution in [0.1, 0.15) is 65.2 Å². The van der Waals surface area contributed by atoms with E-state index in [1.165, 1.54) is 25.7 Å². The molecule has 0 aromatic carbocycles. The van der Waals surface area contributed by atoms with Crippen molar-refractivity contribution in [1.82, 2.24) is 0 Å². The summed E-state index contributed by atoms with van der Waals surface area (Å²) >= 11 is 0. The Kier molecular flexibility index (Phi) is 10.2. The second kappa shape index (κ2) is 10.6. The first-order valence-corrected chi connectivity index (χ1v) is 7.15. The van der Waals surface area contributed by atoms with Crippen molar-refractivity contribution in [1.29, 1.82) is 0 Å². The Bertz CT molecular complexity index is 195. The van der Waals surface area contributed by atoms with Crippen LogP contribution in [0, 0.1) is 11.8 Å². The molecule has 0 fully saturated rings. The van der Waals surface area contributed by atoms with Crippen molar-refractivity contribution in [3.05, 3.63) is 0 Å². The SMILES string of the molecule is CCCCCCC(CN)CC(CCC)C(N)=O. The van der Waals surface area contributed by atoms with E-state index in [0.29, 0.717) is 12.5 Å². The van der Waals surface area contributed by atoms with Gasteiger partial charge in [0.05, 0.1) is 0 Å². The zero-order valence-electron chi connectivity index (χ0n) is 11.6. The van der Waals surface area contributed by atoms with Gasteiger partial charge in [-0.25, -0.2) is 0 Å². The lowest BCUT2D eigenvalue weighted by Crippen LogP contribution is -2.28. The number of carbonyl (C=O) groups is 1. The van der Waals surface area contributed by atoms with Crippen LogP contribution >= 0.6 is 0 Å². The third-order valence-corrected chi connectivity index (χ3v) is 3.46. The van der Waals surface area contributed by atoms with Crippen LogP contribution in [0.25, 0.3) is 0 Å². The lowest BCUT2D eigenvalue weighted by molar-refractivity contribution is -0.122. The van der Waals surface area contributed by atoms with E-state index in [4.69, 9.17) is 11.5 Å². The minimum Gasteiger partial charge on any atom is -0.369 e. The van der Waals surface area contributed by atoms with E-state index < -0.39 is 0 Å². The van der Waals surface area contributed by atoms with E-state index in [9.17, 15) is 4.79 Å². The number of carbonyl (C=O) groups excluding carboxylic acids is 1. The monoisotopic (exact) mass is 242 g/mol. The molecule has 2 atom stereocenters. The highest BCUT2D eigenvalue weighted by atomic mass is 16.1. The largest absolute Gasteiger partial charge is 0.369 e. The lowest BCUT2D eigenvalue weighted by Gasteiger charge is -2.20. The van der Waals surface area contributed by atoms with Crippen molar-refractivity contribution in [2.45, 2.75) is 65.2 Å². The van der Waals surface area contributed by atoms with Crippen LogP contribution in [-0.2, 0) is 4.79 Å². The number of unbranched alkanes of at least 4 members (excludes halogenated alkanes) is 3. The van der Waals surface area contributed by atoms with Gasteiger partial charge in [-0.2, -0.15) is 0 Å². The second-order valence-electron chi connectivity index (χ2n) is 5.07. The number of amides is 1. The molecule has 0 saturated carbocycles. The van der Waals surface area contributed by atoms with E-state index in [1.54, 1.807) is 0 Å². The van der Waals surface area contributed by atoms with E-state index in [-0.39, 0.29) is 11.8 Å². The molecule has 0 radical (unpaired) electrons. The smallest absolute Gasteiger partial charge is 0.220 e. The summed E-state index contributed by atoms with van der Waals surface area (Å²) in [5, 5.41) is 0. The fourth-order valence-electron chi connectivity index (χ4n) is 2.32. The Hall–Kier alpha value is -0.570. The maximum atomic E-state index is 11.3. The van der Waals surface area contributed by atoms with Crippen LogP contribution in [0.2, 0.25) is 0 Å². The number of hydrogen-bond acceptors (Lipinski definition) is 2. The zero-order valence-corrected chi connectivity index (χ0v) is 11.6. The quantitative estimate of drug-likeness (QED) is 0.547. The molecule has 1 amide bonds. The Labute approximate surface area is 106 Å². The molecule has 3 nitrogen and oxygen atoms in total. The molecule has 102 valence electrons. The molecular weight excluding hydrogens is 212 g/mol. The number of hydrogen-bond donors (Lipinski definition) is 2. The van der Waals surface area contributed by atoms with Crippen molar-refractivity contribution in [3.8, 4) is 0 Å². The highest BCUT2D eigenvalue weighted by Gasteiger charge is 2.19. The molecule has 4 N–H and O–H groups in total. The van der Waals surface area contributed by atoms with Gasteiger partial charge in [-0.3, -0.25) is 4.79 Å². The summed E-state index contributed by atoms with van der Waals surface area (Å²) in [5.74, 6) is 0.342. The molecule has 2 unspecified atom stereocenters. The molecule has 0 rings (SSSR count). The average molecular weight is 242 g/mol. The molecule has 0 aromatic heterocycles. The highest BCUT2D eigenvalue weighted by Crippen LogP contribution is 2.21. The summed E-state index contributed by atoms with van der Waals surface area (Å²) in [6.07, 6.45) is 9.01. The Morgan fingerprint density at radius 3 is 2.24 bits per heavy atom. The van der Waals surface area contributed by atoms with E-state index in [2.05, 4.69) is 13.8 Å². The predicted octanol–water partition coefficient (Wildman–Crippen LogP) is 2.82. The van der Waals surface area contributed by atoms with E-state index >= 15 is 0 Å². The standard InChI is InChI=1S/C14H30N2O/c1-3-5-6-7-9-12(11-15)10-13(8-4-2)14(16)17/h12-13H,3-11,15H2,1-2H3,(H2,16,17). The van der Waals surface area contributed by atoms with Crippen molar-refractivity contribution >= 4 is 5.91 Å². The zero-order chi connectivity index (χ0) is 13.1. The summed E-state index contributed by atoms with van der Waals surface area (Å²) in [7, 11) is 0.